The molecule has 0 radical (unpaired) electrons. The van der Waals surface area contributed by atoms with Crippen LogP contribution < -0.4 is 5.32 Å². The summed E-state index contributed by atoms with van der Waals surface area (Å²) in [5, 5.41) is 7.97. The molecule has 24 heavy (non-hydrogen) atoms. The minimum absolute atomic E-state index is 0.138. The van der Waals surface area contributed by atoms with Crippen molar-refractivity contribution in [1.82, 2.24) is 10.1 Å². The third-order valence-corrected chi connectivity index (χ3v) is 4.82. The van der Waals surface area contributed by atoms with Crippen molar-refractivity contribution in [1.29, 1.82) is 0 Å². The Hall–Kier alpha value is -2.18. The summed E-state index contributed by atoms with van der Waals surface area (Å²) in [6.07, 6.45) is 0.218. The van der Waals surface area contributed by atoms with Crippen LogP contribution in [0.5, 0.6) is 0 Å². The zero-order chi connectivity index (χ0) is 17.3. The fourth-order valence-corrected chi connectivity index (χ4v) is 3.38. The first-order valence-corrected chi connectivity index (χ1v) is 8.58. The highest BCUT2D eigenvalue weighted by molar-refractivity contribution is 7.16. The van der Waals surface area contributed by atoms with Gasteiger partial charge in [0.2, 0.25) is 5.91 Å². The van der Waals surface area contributed by atoms with Gasteiger partial charge < -0.3 is 9.84 Å². The van der Waals surface area contributed by atoms with Gasteiger partial charge in [0, 0.05) is 21.0 Å². The number of nitrogens with zero attached hydrogens (tertiary/aromatic N) is 2. The van der Waals surface area contributed by atoms with Crippen molar-refractivity contribution in [2.45, 2.75) is 27.2 Å². The number of carbonyl (C=O) groups is 1. The second kappa shape index (κ2) is 6.75. The van der Waals surface area contributed by atoms with Crippen LogP contribution in [-0.2, 0) is 11.2 Å². The quantitative estimate of drug-likeness (QED) is 0.739. The van der Waals surface area contributed by atoms with Gasteiger partial charge in [-0.1, -0.05) is 28.9 Å². The van der Waals surface area contributed by atoms with Crippen LogP contribution in [0.15, 0.2) is 28.8 Å². The van der Waals surface area contributed by atoms with Crippen molar-refractivity contribution in [2.75, 3.05) is 5.32 Å². The molecule has 1 N–H and O–H groups in total. The van der Waals surface area contributed by atoms with Gasteiger partial charge in [-0.05, 0) is 32.9 Å². The Morgan fingerprint density at radius 1 is 1.25 bits per heavy atom. The van der Waals surface area contributed by atoms with Crippen LogP contribution >= 0.6 is 22.9 Å². The predicted molar refractivity (Wildman–Crippen MR) is 95.6 cm³/mol. The SMILES string of the molecule is Cc1noc(C)c1CC(=O)Nc1nc(-c2ccc(Cl)cc2)c(C)s1. The number of benzene rings is 1. The third kappa shape index (κ3) is 3.49. The Balaban J connectivity index is 1.75. The Morgan fingerprint density at radius 2 is 1.96 bits per heavy atom. The van der Waals surface area contributed by atoms with Gasteiger partial charge in [0.15, 0.2) is 5.13 Å². The van der Waals surface area contributed by atoms with Gasteiger partial charge in [0.05, 0.1) is 17.8 Å². The number of hydrogen-bond donors (Lipinski definition) is 1. The molecular weight excluding hydrogens is 346 g/mol. The molecule has 1 amide bonds. The third-order valence-electron chi connectivity index (χ3n) is 3.68. The van der Waals surface area contributed by atoms with Crippen molar-refractivity contribution in [3.05, 3.63) is 51.2 Å². The van der Waals surface area contributed by atoms with Crippen molar-refractivity contribution in [3.8, 4) is 11.3 Å². The molecule has 2 heterocycles. The number of anilines is 1. The summed E-state index contributed by atoms with van der Waals surface area (Å²) in [5.41, 5.74) is 3.38. The summed E-state index contributed by atoms with van der Waals surface area (Å²) >= 11 is 7.37. The van der Waals surface area contributed by atoms with Crippen LogP contribution in [0.3, 0.4) is 0 Å². The molecule has 0 bridgehead atoms. The number of carbonyl (C=O) groups excluding carboxylic acids is 1. The highest BCUT2D eigenvalue weighted by Gasteiger charge is 2.16. The molecule has 5 nitrogen and oxygen atoms in total. The van der Waals surface area contributed by atoms with Crippen molar-refractivity contribution < 1.29 is 9.32 Å². The maximum atomic E-state index is 12.3. The molecule has 0 atom stereocenters. The normalized spacial score (nSPS) is 10.8. The molecule has 0 aliphatic carbocycles. The zero-order valence-corrected chi connectivity index (χ0v) is 15.1. The summed E-state index contributed by atoms with van der Waals surface area (Å²) in [4.78, 5) is 17.8. The molecule has 0 saturated carbocycles. The van der Waals surface area contributed by atoms with Gasteiger partial charge in [-0.15, -0.1) is 11.3 Å². The monoisotopic (exact) mass is 361 g/mol. The average molecular weight is 362 g/mol. The maximum Gasteiger partial charge on any atom is 0.230 e. The van der Waals surface area contributed by atoms with E-state index >= 15 is 0 Å². The Morgan fingerprint density at radius 3 is 2.58 bits per heavy atom. The number of aryl methyl sites for hydroxylation is 3. The lowest BCUT2D eigenvalue weighted by atomic mass is 10.1. The first kappa shape index (κ1) is 16.7. The zero-order valence-electron chi connectivity index (χ0n) is 13.5. The van der Waals surface area contributed by atoms with Gasteiger partial charge in [0.25, 0.3) is 0 Å². The molecule has 3 rings (SSSR count). The molecule has 7 heteroatoms. The van der Waals surface area contributed by atoms with Crippen molar-refractivity contribution in [3.63, 3.8) is 0 Å². The number of nitrogens with one attached hydrogen (secondary N) is 1. The lowest BCUT2D eigenvalue weighted by Gasteiger charge is -2.01. The smallest absolute Gasteiger partial charge is 0.230 e. The van der Waals surface area contributed by atoms with Gasteiger partial charge in [-0.3, -0.25) is 4.79 Å². The van der Waals surface area contributed by atoms with Gasteiger partial charge in [0.1, 0.15) is 5.76 Å². The van der Waals surface area contributed by atoms with Crippen LogP contribution in [0.2, 0.25) is 5.02 Å². The number of halogens is 1. The Labute approximate surface area is 148 Å². The second-order valence-electron chi connectivity index (χ2n) is 5.46. The van der Waals surface area contributed by atoms with Gasteiger partial charge in [-0.25, -0.2) is 4.98 Å². The molecule has 124 valence electrons. The molecule has 0 saturated heterocycles. The first-order valence-electron chi connectivity index (χ1n) is 7.39. The van der Waals surface area contributed by atoms with E-state index in [1.807, 2.05) is 38.1 Å². The number of rotatable bonds is 4. The molecule has 2 aromatic heterocycles. The average Bonchev–Trinajstić information content (AvgIpc) is 3.05. The molecule has 0 spiro atoms. The summed E-state index contributed by atoms with van der Waals surface area (Å²) in [6, 6.07) is 7.48. The van der Waals surface area contributed by atoms with E-state index in [-0.39, 0.29) is 12.3 Å². The van der Waals surface area contributed by atoms with E-state index in [2.05, 4.69) is 15.5 Å². The highest BCUT2D eigenvalue weighted by Crippen LogP contribution is 2.31. The Kier molecular flexibility index (Phi) is 4.69. The summed E-state index contributed by atoms with van der Waals surface area (Å²) < 4.78 is 5.08. The van der Waals surface area contributed by atoms with Gasteiger partial charge in [-0.2, -0.15) is 0 Å². The van der Waals surface area contributed by atoms with E-state index in [1.165, 1.54) is 11.3 Å². The van der Waals surface area contributed by atoms with Crippen LogP contribution in [0.4, 0.5) is 5.13 Å². The molecule has 1 aromatic carbocycles. The van der Waals surface area contributed by atoms with Crippen LogP contribution in [-0.4, -0.2) is 16.0 Å². The lowest BCUT2D eigenvalue weighted by molar-refractivity contribution is -0.115. The topological polar surface area (TPSA) is 68.0 Å². The van der Waals surface area contributed by atoms with Crippen molar-refractivity contribution in [2.24, 2.45) is 0 Å². The van der Waals surface area contributed by atoms with Gasteiger partial charge >= 0.3 is 0 Å². The Bertz CT molecular complexity index is 864. The number of aromatic nitrogens is 2. The number of thiazole rings is 1. The molecule has 3 aromatic rings. The second-order valence-corrected chi connectivity index (χ2v) is 7.10. The summed E-state index contributed by atoms with van der Waals surface area (Å²) in [5.74, 6) is 0.528. The number of amides is 1. The van der Waals surface area contributed by atoms with E-state index in [0.29, 0.717) is 15.9 Å². The predicted octanol–water partition coefficient (Wildman–Crippen LogP) is 4.56. The van der Waals surface area contributed by atoms with E-state index in [9.17, 15) is 4.79 Å². The maximum absolute atomic E-state index is 12.3. The fraction of sp³-hybridized carbons (Fsp3) is 0.235. The minimum Gasteiger partial charge on any atom is -0.361 e. The standard InChI is InChI=1S/C17H16ClN3O2S/c1-9-14(10(2)23-21-9)8-15(22)19-17-20-16(11(3)24-17)12-4-6-13(18)7-5-12/h4-7H,8H2,1-3H3,(H,19,20,22). The largest absolute Gasteiger partial charge is 0.361 e. The van der Waals surface area contributed by atoms with E-state index in [4.69, 9.17) is 16.1 Å². The molecular formula is C17H16ClN3O2S. The van der Waals surface area contributed by atoms with E-state index < -0.39 is 0 Å². The molecule has 0 aliphatic rings. The summed E-state index contributed by atoms with van der Waals surface area (Å²) in [6.45, 7) is 5.60. The van der Waals surface area contributed by atoms with E-state index in [0.717, 1.165) is 27.4 Å². The minimum atomic E-state index is -0.138. The number of hydrogen-bond acceptors (Lipinski definition) is 5. The fourth-order valence-electron chi connectivity index (χ4n) is 2.40. The highest BCUT2D eigenvalue weighted by atomic mass is 35.5. The summed E-state index contributed by atoms with van der Waals surface area (Å²) in [7, 11) is 0. The van der Waals surface area contributed by atoms with Crippen LogP contribution in [0.1, 0.15) is 21.9 Å². The van der Waals surface area contributed by atoms with Crippen LogP contribution in [0.25, 0.3) is 11.3 Å². The lowest BCUT2D eigenvalue weighted by Crippen LogP contribution is -2.15. The molecule has 0 fully saturated rings. The molecule has 0 unspecified atom stereocenters. The van der Waals surface area contributed by atoms with Crippen molar-refractivity contribution >= 4 is 34.0 Å². The van der Waals surface area contributed by atoms with E-state index in [1.54, 1.807) is 6.92 Å². The first-order chi connectivity index (χ1) is 11.4. The molecule has 0 aliphatic heterocycles. The van der Waals surface area contributed by atoms with Crippen LogP contribution in [0, 0.1) is 20.8 Å².